The Morgan fingerprint density at radius 1 is 1.00 bits per heavy atom. The third-order valence-corrected chi connectivity index (χ3v) is 4.50. The number of halogens is 1. The average Bonchev–Trinajstić information content (AvgIpc) is 2.37. The van der Waals surface area contributed by atoms with Crippen molar-refractivity contribution in [3.63, 3.8) is 0 Å². The molecule has 2 heteroatoms. The molecule has 116 valence electrons. The van der Waals surface area contributed by atoms with Crippen LogP contribution in [0.3, 0.4) is 0 Å². The standard InChI is InChI=1S/C18H31P.ClH/c1-4-5-6-7-11-14-17(18(2,3)19)15-16-12-9-8-10-13-16;/h8-10,12-13,17H,4-7,11,14-15,19H2,1-3H3;1H. The number of unbranched alkanes of at least 4 members (excludes halogenated alkanes) is 4. The smallest absolute Gasteiger partial charge is 0.0175 e. The summed E-state index contributed by atoms with van der Waals surface area (Å²) in [5, 5.41) is 0.334. The number of benzene rings is 1. The lowest BCUT2D eigenvalue weighted by Gasteiger charge is -2.31. The zero-order valence-corrected chi connectivity index (χ0v) is 15.4. The molecular formula is C18H32ClP. The van der Waals surface area contributed by atoms with Crippen LogP contribution in [0.5, 0.6) is 0 Å². The number of hydrogen-bond donors (Lipinski definition) is 0. The normalized spacial score (nSPS) is 12.8. The summed E-state index contributed by atoms with van der Waals surface area (Å²) in [4.78, 5) is 0. The van der Waals surface area contributed by atoms with Crippen LogP contribution in [0.2, 0.25) is 0 Å². The lowest BCUT2D eigenvalue weighted by Crippen LogP contribution is -2.26. The van der Waals surface area contributed by atoms with E-state index < -0.39 is 0 Å². The minimum atomic E-state index is 0. The molecule has 0 nitrogen and oxygen atoms in total. The van der Waals surface area contributed by atoms with Gasteiger partial charge in [0, 0.05) is 0 Å². The van der Waals surface area contributed by atoms with Gasteiger partial charge in [0.15, 0.2) is 0 Å². The van der Waals surface area contributed by atoms with E-state index in [4.69, 9.17) is 0 Å². The van der Waals surface area contributed by atoms with E-state index in [0.717, 1.165) is 5.92 Å². The quantitative estimate of drug-likeness (QED) is 0.371. The molecule has 0 bridgehead atoms. The molecule has 2 atom stereocenters. The summed E-state index contributed by atoms with van der Waals surface area (Å²) in [5.74, 6) is 0.765. The van der Waals surface area contributed by atoms with Crippen LogP contribution in [0.4, 0.5) is 0 Å². The molecule has 1 rings (SSSR count). The van der Waals surface area contributed by atoms with Crippen LogP contribution in [-0.4, -0.2) is 5.16 Å². The van der Waals surface area contributed by atoms with Crippen molar-refractivity contribution >= 4 is 21.6 Å². The monoisotopic (exact) mass is 314 g/mol. The van der Waals surface area contributed by atoms with Crippen molar-refractivity contribution in [2.75, 3.05) is 0 Å². The summed E-state index contributed by atoms with van der Waals surface area (Å²) in [6.07, 6.45) is 9.50. The second-order valence-electron chi connectivity index (χ2n) is 6.41. The molecule has 0 saturated heterocycles. The van der Waals surface area contributed by atoms with E-state index in [0.29, 0.717) is 5.16 Å². The van der Waals surface area contributed by atoms with Gasteiger partial charge in [-0.15, -0.1) is 21.6 Å². The second-order valence-corrected chi connectivity index (χ2v) is 7.90. The van der Waals surface area contributed by atoms with Gasteiger partial charge in [0.2, 0.25) is 0 Å². The van der Waals surface area contributed by atoms with Gasteiger partial charge in [-0.1, -0.05) is 83.2 Å². The molecule has 0 aliphatic heterocycles. The van der Waals surface area contributed by atoms with Crippen molar-refractivity contribution in [2.24, 2.45) is 5.92 Å². The van der Waals surface area contributed by atoms with Crippen LogP contribution in [-0.2, 0) is 6.42 Å². The maximum absolute atomic E-state index is 3.06. The summed E-state index contributed by atoms with van der Waals surface area (Å²) < 4.78 is 0. The predicted octanol–water partition coefficient (Wildman–Crippen LogP) is 6.28. The van der Waals surface area contributed by atoms with Gasteiger partial charge in [0.05, 0.1) is 0 Å². The SMILES string of the molecule is CCCCCCCC(Cc1ccccc1)C(C)(C)P.Cl. The Balaban J connectivity index is 0.00000361. The first-order valence-corrected chi connectivity index (χ1v) is 8.44. The Morgan fingerprint density at radius 2 is 1.60 bits per heavy atom. The van der Waals surface area contributed by atoms with E-state index >= 15 is 0 Å². The van der Waals surface area contributed by atoms with Crippen LogP contribution >= 0.6 is 21.6 Å². The molecule has 1 aromatic rings. The lowest BCUT2D eigenvalue weighted by atomic mass is 9.84. The van der Waals surface area contributed by atoms with E-state index in [9.17, 15) is 0 Å². The highest BCUT2D eigenvalue weighted by Crippen LogP contribution is 2.33. The van der Waals surface area contributed by atoms with Gasteiger partial charge in [-0.3, -0.25) is 0 Å². The Morgan fingerprint density at radius 3 is 2.15 bits per heavy atom. The molecule has 0 heterocycles. The molecular weight excluding hydrogens is 283 g/mol. The molecule has 1 aromatic carbocycles. The first-order chi connectivity index (χ1) is 9.04. The van der Waals surface area contributed by atoms with Gasteiger partial charge >= 0.3 is 0 Å². The van der Waals surface area contributed by atoms with Gasteiger partial charge in [0.1, 0.15) is 0 Å². The van der Waals surface area contributed by atoms with E-state index in [1.807, 2.05) is 0 Å². The Labute approximate surface area is 134 Å². The van der Waals surface area contributed by atoms with Crippen molar-refractivity contribution in [3.05, 3.63) is 35.9 Å². The summed E-state index contributed by atoms with van der Waals surface area (Å²) >= 11 is 0. The minimum absolute atomic E-state index is 0. The van der Waals surface area contributed by atoms with Gasteiger partial charge in [-0.05, 0) is 29.5 Å². The first-order valence-electron chi connectivity index (χ1n) is 7.87. The molecule has 0 aliphatic carbocycles. The van der Waals surface area contributed by atoms with Crippen LogP contribution in [0.15, 0.2) is 30.3 Å². The molecule has 0 aliphatic rings. The van der Waals surface area contributed by atoms with E-state index in [1.165, 1.54) is 50.5 Å². The Bertz CT molecular complexity index is 329. The van der Waals surface area contributed by atoms with Crippen molar-refractivity contribution < 1.29 is 0 Å². The number of hydrogen-bond acceptors (Lipinski definition) is 0. The third kappa shape index (κ3) is 8.28. The fraction of sp³-hybridized carbons (Fsp3) is 0.667. The maximum atomic E-state index is 3.06. The van der Waals surface area contributed by atoms with Gasteiger partial charge in [0.25, 0.3) is 0 Å². The fourth-order valence-corrected chi connectivity index (χ4v) is 2.91. The molecule has 0 N–H and O–H groups in total. The third-order valence-electron chi connectivity index (χ3n) is 4.03. The first kappa shape index (κ1) is 19.9. The Kier molecular flexibility index (Phi) is 10.6. The Hall–Kier alpha value is -0.0600. The fourth-order valence-electron chi connectivity index (χ4n) is 2.63. The largest absolute Gasteiger partial charge is 0.147 e. The highest BCUT2D eigenvalue weighted by Gasteiger charge is 2.24. The van der Waals surface area contributed by atoms with Gasteiger partial charge in [-0.2, -0.15) is 0 Å². The maximum Gasteiger partial charge on any atom is -0.0175 e. The predicted molar refractivity (Wildman–Crippen MR) is 98.0 cm³/mol. The van der Waals surface area contributed by atoms with E-state index in [1.54, 1.807) is 0 Å². The van der Waals surface area contributed by atoms with Gasteiger partial charge in [-0.25, -0.2) is 0 Å². The summed E-state index contributed by atoms with van der Waals surface area (Å²) in [6.45, 7) is 7.00. The van der Waals surface area contributed by atoms with Crippen molar-refractivity contribution in [2.45, 2.75) is 70.9 Å². The molecule has 0 aromatic heterocycles. The van der Waals surface area contributed by atoms with Crippen LogP contribution < -0.4 is 0 Å². The second kappa shape index (κ2) is 10.6. The average molecular weight is 315 g/mol. The zero-order chi connectivity index (χ0) is 14.1. The molecule has 0 fully saturated rings. The highest BCUT2D eigenvalue weighted by atomic mass is 35.5. The zero-order valence-electron chi connectivity index (χ0n) is 13.4. The van der Waals surface area contributed by atoms with Crippen molar-refractivity contribution in [1.29, 1.82) is 0 Å². The van der Waals surface area contributed by atoms with E-state index in [2.05, 4.69) is 60.3 Å². The summed E-state index contributed by atoms with van der Waals surface area (Å²) in [5.41, 5.74) is 1.48. The topological polar surface area (TPSA) is 0 Å². The lowest BCUT2D eigenvalue weighted by molar-refractivity contribution is 0.374. The summed E-state index contributed by atoms with van der Waals surface area (Å²) in [7, 11) is 3.06. The molecule has 0 saturated carbocycles. The summed E-state index contributed by atoms with van der Waals surface area (Å²) in [6, 6.07) is 10.9. The van der Waals surface area contributed by atoms with Crippen LogP contribution in [0.25, 0.3) is 0 Å². The van der Waals surface area contributed by atoms with Gasteiger partial charge < -0.3 is 0 Å². The molecule has 0 spiro atoms. The number of rotatable bonds is 9. The van der Waals surface area contributed by atoms with Crippen LogP contribution in [0, 0.1) is 5.92 Å². The molecule has 0 amide bonds. The van der Waals surface area contributed by atoms with Crippen LogP contribution in [0.1, 0.15) is 64.9 Å². The molecule has 20 heavy (non-hydrogen) atoms. The van der Waals surface area contributed by atoms with E-state index in [-0.39, 0.29) is 12.4 Å². The van der Waals surface area contributed by atoms with Crippen molar-refractivity contribution in [1.82, 2.24) is 0 Å². The minimum Gasteiger partial charge on any atom is -0.147 e. The molecule has 0 radical (unpaired) electrons. The highest BCUT2D eigenvalue weighted by molar-refractivity contribution is 7.18. The van der Waals surface area contributed by atoms with Crippen molar-refractivity contribution in [3.8, 4) is 0 Å². The molecule has 2 unspecified atom stereocenters.